The van der Waals surface area contributed by atoms with Gasteiger partial charge >= 0.3 is 0 Å². The van der Waals surface area contributed by atoms with Crippen LogP contribution in [0.1, 0.15) is 43.5 Å². The quantitative estimate of drug-likeness (QED) is 0.655. The molecule has 0 aliphatic heterocycles. The molecule has 0 aliphatic rings. The van der Waals surface area contributed by atoms with E-state index in [9.17, 15) is 4.79 Å². The largest absolute Gasteiger partial charge is 0.294 e. The lowest BCUT2D eigenvalue weighted by atomic mass is 10.0. The average Bonchev–Trinajstić information content (AvgIpc) is 2.55. The first kappa shape index (κ1) is 10.5. The third-order valence-corrected chi connectivity index (χ3v) is 2.71. The number of hydrogen-bond acceptors (Lipinski definition) is 2. The van der Waals surface area contributed by atoms with Gasteiger partial charge < -0.3 is 0 Å². The van der Waals surface area contributed by atoms with E-state index in [0.717, 1.165) is 18.4 Å². The molecule has 0 amide bonds. The van der Waals surface area contributed by atoms with E-state index < -0.39 is 0 Å². The molecule has 0 N–H and O–H groups in total. The van der Waals surface area contributed by atoms with Crippen LogP contribution in [0.25, 0.3) is 0 Å². The Hall–Kier alpha value is -0.630. The summed E-state index contributed by atoms with van der Waals surface area (Å²) in [4.78, 5) is 11.5. The summed E-state index contributed by atoms with van der Waals surface area (Å²) in [5.74, 6) is 0.997. The number of Topliss-reactive ketones (excluding diaryl/α,β-unsaturated/α-hetero) is 1. The number of carbonyl (C=O) groups excluding carboxylic acids is 1. The molecular weight excluding hydrogens is 180 g/mol. The van der Waals surface area contributed by atoms with E-state index in [4.69, 9.17) is 0 Å². The van der Waals surface area contributed by atoms with Crippen LogP contribution in [0.2, 0.25) is 0 Å². The highest BCUT2D eigenvalue weighted by Crippen LogP contribution is 2.12. The van der Waals surface area contributed by atoms with Crippen LogP contribution in [-0.2, 0) is 0 Å². The molecule has 1 heterocycles. The van der Waals surface area contributed by atoms with Crippen LogP contribution < -0.4 is 0 Å². The molecule has 0 spiro atoms. The smallest absolute Gasteiger partial charge is 0.163 e. The maximum atomic E-state index is 11.5. The lowest BCUT2D eigenvalue weighted by molar-refractivity contribution is 0.0978. The van der Waals surface area contributed by atoms with Gasteiger partial charge in [0.15, 0.2) is 5.78 Å². The monoisotopic (exact) mass is 196 g/mol. The molecule has 1 aromatic heterocycles. The van der Waals surface area contributed by atoms with E-state index in [-0.39, 0.29) is 0 Å². The van der Waals surface area contributed by atoms with Gasteiger partial charge in [-0.2, -0.15) is 11.3 Å². The highest BCUT2D eigenvalue weighted by Gasteiger charge is 2.05. The molecule has 1 aromatic rings. The number of carbonyl (C=O) groups is 1. The SMILES string of the molecule is CC(C)CCCC(=O)c1ccsc1. The molecule has 0 saturated carbocycles. The molecule has 72 valence electrons. The fourth-order valence-electron chi connectivity index (χ4n) is 1.24. The van der Waals surface area contributed by atoms with Gasteiger partial charge in [-0.25, -0.2) is 0 Å². The van der Waals surface area contributed by atoms with Crippen molar-refractivity contribution in [3.05, 3.63) is 22.4 Å². The van der Waals surface area contributed by atoms with Crippen molar-refractivity contribution in [3.63, 3.8) is 0 Å². The molecule has 0 fully saturated rings. The van der Waals surface area contributed by atoms with Gasteiger partial charge in [-0.05, 0) is 23.8 Å². The predicted molar refractivity (Wildman–Crippen MR) is 57.3 cm³/mol. The summed E-state index contributed by atoms with van der Waals surface area (Å²) < 4.78 is 0. The van der Waals surface area contributed by atoms with Crippen LogP contribution >= 0.6 is 11.3 Å². The van der Waals surface area contributed by atoms with Crippen LogP contribution in [0, 0.1) is 5.92 Å². The summed E-state index contributed by atoms with van der Waals surface area (Å²) in [6, 6.07) is 1.91. The molecule has 0 radical (unpaired) electrons. The average molecular weight is 196 g/mol. The Kier molecular flexibility index (Phi) is 4.16. The third-order valence-electron chi connectivity index (χ3n) is 2.03. The van der Waals surface area contributed by atoms with Crippen LogP contribution in [0.15, 0.2) is 16.8 Å². The minimum atomic E-state index is 0.293. The van der Waals surface area contributed by atoms with Gasteiger partial charge in [0.05, 0.1) is 0 Å². The van der Waals surface area contributed by atoms with Crippen molar-refractivity contribution in [2.45, 2.75) is 33.1 Å². The summed E-state index contributed by atoms with van der Waals surface area (Å²) in [5, 5.41) is 3.88. The second kappa shape index (κ2) is 5.18. The third kappa shape index (κ3) is 3.73. The van der Waals surface area contributed by atoms with Gasteiger partial charge in [-0.1, -0.05) is 20.3 Å². The normalized spacial score (nSPS) is 10.7. The maximum absolute atomic E-state index is 11.5. The van der Waals surface area contributed by atoms with Gasteiger partial charge in [-0.15, -0.1) is 0 Å². The molecule has 0 bridgehead atoms. The van der Waals surface area contributed by atoms with Crippen molar-refractivity contribution in [1.82, 2.24) is 0 Å². The molecule has 1 nitrogen and oxygen atoms in total. The second-order valence-electron chi connectivity index (χ2n) is 3.72. The predicted octanol–water partition coefficient (Wildman–Crippen LogP) is 3.76. The van der Waals surface area contributed by atoms with Crippen molar-refractivity contribution < 1.29 is 4.79 Å². The summed E-state index contributed by atoms with van der Waals surface area (Å²) in [6.07, 6.45) is 2.87. The maximum Gasteiger partial charge on any atom is 0.163 e. The molecule has 0 unspecified atom stereocenters. The Morgan fingerprint density at radius 2 is 2.31 bits per heavy atom. The summed E-state index contributed by atoms with van der Waals surface area (Å²) in [7, 11) is 0. The summed E-state index contributed by atoms with van der Waals surface area (Å²) in [5.41, 5.74) is 0.883. The molecule has 0 atom stereocenters. The van der Waals surface area contributed by atoms with Crippen molar-refractivity contribution in [1.29, 1.82) is 0 Å². The summed E-state index contributed by atoms with van der Waals surface area (Å²) in [6.45, 7) is 4.38. The molecule has 0 aromatic carbocycles. The van der Waals surface area contributed by atoms with Gasteiger partial charge in [0.2, 0.25) is 0 Å². The van der Waals surface area contributed by atoms with E-state index in [2.05, 4.69) is 13.8 Å². The zero-order valence-corrected chi connectivity index (χ0v) is 9.06. The van der Waals surface area contributed by atoms with E-state index in [1.54, 1.807) is 11.3 Å². The Labute approximate surface area is 83.8 Å². The Bertz CT molecular complexity index is 249. The Balaban J connectivity index is 2.27. The highest BCUT2D eigenvalue weighted by atomic mass is 32.1. The molecule has 1 rings (SSSR count). The van der Waals surface area contributed by atoms with E-state index in [1.165, 1.54) is 0 Å². The first-order chi connectivity index (χ1) is 6.20. The molecule has 13 heavy (non-hydrogen) atoms. The minimum absolute atomic E-state index is 0.293. The van der Waals surface area contributed by atoms with Crippen LogP contribution in [-0.4, -0.2) is 5.78 Å². The lowest BCUT2D eigenvalue weighted by Gasteiger charge is -2.02. The lowest BCUT2D eigenvalue weighted by Crippen LogP contribution is -1.98. The molecular formula is C11H16OS. The Morgan fingerprint density at radius 1 is 1.54 bits per heavy atom. The number of hydrogen-bond donors (Lipinski definition) is 0. The van der Waals surface area contributed by atoms with Crippen molar-refractivity contribution >= 4 is 17.1 Å². The van der Waals surface area contributed by atoms with Crippen molar-refractivity contribution in [2.75, 3.05) is 0 Å². The topological polar surface area (TPSA) is 17.1 Å². The number of rotatable bonds is 5. The number of thiophene rings is 1. The van der Waals surface area contributed by atoms with Gasteiger partial charge in [-0.3, -0.25) is 4.79 Å². The zero-order chi connectivity index (χ0) is 9.68. The Morgan fingerprint density at radius 3 is 2.85 bits per heavy atom. The van der Waals surface area contributed by atoms with E-state index in [1.807, 2.05) is 16.8 Å². The highest BCUT2D eigenvalue weighted by molar-refractivity contribution is 7.08. The van der Waals surface area contributed by atoms with Crippen LogP contribution in [0.5, 0.6) is 0 Å². The van der Waals surface area contributed by atoms with Gasteiger partial charge in [0.1, 0.15) is 0 Å². The summed E-state index contributed by atoms with van der Waals surface area (Å²) >= 11 is 1.59. The van der Waals surface area contributed by atoms with Gasteiger partial charge in [0, 0.05) is 17.4 Å². The van der Waals surface area contributed by atoms with E-state index in [0.29, 0.717) is 18.1 Å². The van der Waals surface area contributed by atoms with E-state index >= 15 is 0 Å². The van der Waals surface area contributed by atoms with Gasteiger partial charge in [0.25, 0.3) is 0 Å². The minimum Gasteiger partial charge on any atom is -0.294 e. The molecule has 0 saturated heterocycles. The molecule has 0 aliphatic carbocycles. The number of ketones is 1. The van der Waals surface area contributed by atoms with Crippen LogP contribution in [0.4, 0.5) is 0 Å². The molecule has 2 heteroatoms. The first-order valence-electron chi connectivity index (χ1n) is 4.75. The fourth-order valence-corrected chi connectivity index (χ4v) is 1.90. The first-order valence-corrected chi connectivity index (χ1v) is 5.70. The zero-order valence-electron chi connectivity index (χ0n) is 8.25. The van der Waals surface area contributed by atoms with Crippen molar-refractivity contribution in [2.24, 2.45) is 5.92 Å². The van der Waals surface area contributed by atoms with Crippen LogP contribution in [0.3, 0.4) is 0 Å². The van der Waals surface area contributed by atoms with Crippen molar-refractivity contribution in [3.8, 4) is 0 Å². The standard InChI is InChI=1S/C11H16OS/c1-9(2)4-3-5-11(12)10-6-7-13-8-10/h6-9H,3-5H2,1-2H3. The second-order valence-corrected chi connectivity index (χ2v) is 4.50. The fraction of sp³-hybridized carbons (Fsp3) is 0.545.